The predicted molar refractivity (Wildman–Crippen MR) is 90.3 cm³/mol. The Balaban J connectivity index is 1.80. The summed E-state index contributed by atoms with van der Waals surface area (Å²) in [5.41, 5.74) is 1.75. The lowest BCUT2D eigenvalue weighted by Gasteiger charge is -2.37. The third-order valence-electron chi connectivity index (χ3n) is 4.12. The number of hydrogen-bond acceptors (Lipinski definition) is 6. The highest BCUT2D eigenvalue weighted by Crippen LogP contribution is 2.34. The van der Waals surface area contributed by atoms with Gasteiger partial charge in [-0.1, -0.05) is 0 Å². The predicted octanol–water partition coefficient (Wildman–Crippen LogP) is 2.55. The fraction of sp³-hybridized carbons (Fsp3) is 0.533. The normalized spacial score (nSPS) is 18.4. The molecule has 1 N–H and O–H groups in total. The van der Waals surface area contributed by atoms with Crippen LogP contribution in [-0.2, 0) is 14.6 Å². The summed E-state index contributed by atoms with van der Waals surface area (Å²) >= 11 is 1.64. The first-order chi connectivity index (χ1) is 10.5. The number of anilines is 1. The molecule has 5 nitrogen and oxygen atoms in total. The van der Waals surface area contributed by atoms with E-state index < -0.39 is 9.84 Å². The lowest BCUT2D eigenvalue weighted by atomic mass is 9.82. The van der Waals surface area contributed by atoms with Gasteiger partial charge in [0.15, 0.2) is 0 Å². The second-order valence-corrected chi connectivity index (χ2v) is 9.09. The second kappa shape index (κ2) is 6.14. The quantitative estimate of drug-likeness (QED) is 0.906. The van der Waals surface area contributed by atoms with Gasteiger partial charge in [0.05, 0.1) is 21.7 Å². The molecule has 1 aliphatic heterocycles. The van der Waals surface area contributed by atoms with Gasteiger partial charge in [0, 0.05) is 37.6 Å². The molecule has 0 amide bonds. The first-order valence-electron chi connectivity index (χ1n) is 7.29. The van der Waals surface area contributed by atoms with Gasteiger partial charge in [-0.15, -0.1) is 11.3 Å². The van der Waals surface area contributed by atoms with Gasteiger partial charge in [-0.25, -0.2) is 8.42 Å². The average molecular weight is 340 g/mol. The van der Waals surface area contributed by atoms with E-state index in [1.807, 2.05) is 17.5 Å². The minimum Gasteiger partial charge on any atom is -0.383 e. The molecule has 3 heterocycles. The molecule has 22 heavy (non-hydrogen) atoms. The minimum absolute atomic E-state index is 0.203. The fourth-order valence-electron chi connectivity index (χ4n) is 3.03. The second-order valence-electron chi connectivity index (χ2n) is 6.03. The molecule has 2 aromatic heterocycles. The Morgan fingerprint density at radius 2 is 2.14 bits per heavy atom. The van der Waals surface area contributed by atoms with E-state index in [9.17, 15) is 8.42 Å². The van der Waals surface area contributed by atoms with Crippen LogP contribution in [0.4, 0.5) is 5.69 Å². The molecule has 0 radical (unpaired) electrons. The van der Waals surface area contributed by atoms with Crippen molar-refractivity contribution in [3.63, 3.8) is 0 Å². The van der Waals surface area contributed by atoms with E-state index in [2.05, 4.69) is 10.3 Å². The number of hydrogen-bond donors (Lipinski definition) is 1. The minimum atomic E-state index is -3.02. The van der Waals surface area contributed by atoms with E-state index in [1.54, 1.807) is 17.5 Å². The van der Waals surface area contributed by atoms with Crippen molar-refractivity contribution in [2.45, 2.75) is 12.8 Å². The van der Waals surface area contributed by atoms with Crippen LogP contribution in [0.2, 0.25) is 0 Å². The van der Waals surface area contributed by atoms with E-state index in [0.717, 1.165) is 28.7 Å². The number of nitrogens with one attached hydrogen (secondary N) is 1. The van der Waals surface area contributed by atoms with Gasteiger partial charge >= 0.3 is 0 Å². The zero-order valence-electron chi connectivity index (χ0n) is 12.5. The first-order valence-corrected chi connectivity index (χ1v) is 10.2. The van der Waals surface area contributed by atoms with Crippen LogP contribution < -0.4 is 5.32 Å². The van der Waals surface area contributed by atoms with Crippen LogP contribution in [0.3, 0.4) is 0 Å². The van der Waals surface area contributed by atoms with Crippen molar-refractivity contribution in [1.29, 1.82) is 0 Å². The van der Waals surface area contributed by atoms with Crippen LogP contribution in [-0.4, -0.2) is 45.2 Å². The Kier molecular flexibility index (Phi) is 4.38. The topological polar surface area (TPSA) is 68.3 Å². The van der Waals surface area contributed by atoms with E-state index in [0.29, 0.717) is 19.8 Å². The van der Waals surface area contributed by atoms with Crippen LogP contribution in [0.25, 0.3) is 10.2 Å². The zero-order valence-corrected chi connectivity index (χ0v) is 14.2. The molecule has 1 aliphatic rings. The van der Waals surface area contributed by atoms with Crippen molar-refractivity contribution in [2.75, 3.05) is 37.1 Å². The summed E-state index contributed by atoms with van der Waals surface area (Å²) in [6.07, 6.45) is 4.64. The van der Waals surface area contributed by atoms with Crippen molar-refractivity contribution in [2.24, 2.45) is 5.41 Å². The summed E-state index contributed by atoms with van der Waals surface area (Å²) in [5.74, 6) is 0.203. The summed E-state index contributed by atoms with van der Waals surface area (Å²) in [4.78, 5) is 4.33. The molecule has 0 unspecified atom stereocenters. The molecule has 0 spiro atoms. The lowest BCUT2D eigenvalue weighted by Crippen LogP contribution is -2.41. The molecule has 7 heteroatoms. The Bertz CT molecular complexity index is 749. The van der Waals surface area contributed by atoms with Gasteiger partial charge in [0.1, 0.15) is 9.84 Å². The fourth-order valence-corrected chi connectivity index (χ4v) is 5.37. The number of fused-ring (bicyclic) bond motifs is 1. The average Bonchev–Trinajstić information content (AvgIpc) is 2.93. The maximum atomic E-state index is 11.8. The molecule has 2 aromatic rings. The standard InChI is InChI=1S/C15H20N2O3S2/c1-22(18,19)11-15(4-7-20-8-5-15)10-17-12-2-6-16-13-3-9-21-14(12)13/h2-3,6,9H,4-5,7-8,10-11H2,1H3,(H,16,17). The SMILES string of the molecule is CS(=O)(=O)CC1(CNc2ccnc3ccsc23)CCOCC1. The van der Waals surface area contributed by atoms with Gasteiger partial charge < -0.3 is 10.1 Å². The highest BCUT2D eigenvalue weighted by Gasteiger charge is 2.35. The summed E-state index contributed by atoms with van der Waals surface area (Å²) < 4.78 is 30.2. The van der Waals surface area contributed by atoms with Gasteiger partial charge in [-0.05, 0) is 30.4 Å². The molecule has 0 saturated carbocycles. The van der Waals surface area contributed by atoms with Crippen LogP contribution in [0.1, 0.15) is 12.8 Å². The summed E-state index contributed by atoms with van der Waals surface area (Å²) in [7, 11) is -3.02. The summed E-state index contributed by atoms with van der Waals surface area (Å²) in [6, 6.07) is 3.94. The zero-order chi connectivity index (χ0) is 15.6. The molecule has 0 aliphatic carbocycles. The van der Waals surface area contributed by atoms with Crippen molar-refractivity contribution >= 4 is 37.1 Å². The van der Waals surface area contributed by atoms with Crippen molar-refractivity contribution in [3.8, 4) is 0 Å². The monoisotopic (exact) mass is 340 g/mol. The van der Waals surface area contributed by atoms with E-state index >= 15 is 0 Å². The van der Waals surface area contributed by atoms with Gasteiger partial charge in [0.25, 0.3) is 0 Å². The summed E-state index contributed by atoms with van der Waals surface area (Å²) in [5, 5.41) is 5.47. The van der Waals surface area contributed by atoms with E-state index in [-0.39, 0.29) is 11.2 Å². The molecule has 0 aromatic carbocycles. The van der Waals surface area contributed by atoms with Gasteiger partial charge in [-0.3, -0.25) is 4.98 Å². The van der Waals surface area contributed by atoms with Crippen molar-refractivity contribution in [3.05, 3.63) is 23.7 Å². The van der Waals surface area contributed by atoms with E-state index in [4.69, 9.17) is 4.74 Å². The van der Waals surface area contributed by atoms with Crippen molar-refractivity contribution in [1.82, 2.24) is 4.98 Å². The van der Waals surface area contributed by atoms with E-state index in [1.165, 1.54) is 6.26 Å². The largest absolute Gasteiger partial charge is 0.383 e. The Morgan fingerprint density at radius 3 is 2.86 bits per heavy atom. The number of pyridine rings is 1. The number of ether oxygens (including phenoxy) is 1. The maximum Gasteiger partial charge on any atom is 0.148 e. The number of sulfone groups is 1. The Morgan fingerprint density at radius 1 is 1.36 bits per heavy atom. The number of nitrogens with zero attached hydrogens (tertiary/aromatic N) is 1. The molecule has 0 bridgehead atoms. The van der Waals surface area contributed by atoms with Gasteiger partial charge in [0.2, 0.25) is 0 Å². The highest BCUT2D eigenvalue weighted by atomic mass is 32.2. The highest BCUT2D eigenvalue weighted by molar-refractivity contribution is 7.90. The molecule has 0 atom stereocenters. The smallest absolute Gasteiger partial charge is 0.148 e. The molecular formula is C15H20N2O3S2. The Labute approximate surface area is 134 Å². The van der Waals surface area contributed by atoms with Crippen LogP contribution in [0.15, 0.2) is 23.7 Å². The Hall–Kier alpha value is -1.18. The lowest BCUT2D eigenvalue weighted by molar-refractivity contribution is 0.0315. The first kappa shape index (κ1) is 15.7. The molecule has 1 saturated heterocycles. The van der Waals surface area contributed by atoms with Crippen LogP contribution >= 0.6 is 11.3 Å². The van der Waals surface area contributed by atoms with Crippen molar-refractivity contribution < 1.29 is 13.2 Å². The maximum absolute atomic E-state index is 11.8. The van der Waals surface area contributed by atoms with Crippen LogP contribution in [0.5, 0.6) is 0 Å². The third-order valence-corrected chi connectivity index (χ3v) is 6.19. The third kappa shape index (κ3) is 3.59. The molecule has 120 valence electrons. The number of aromatic nitrogens is 1. The number of thiophene rings is 1. The molecule has 1 fully saturated rings. The number of rotatable bonds is 5. The van der Waals surface area contributed by atoms with Crippen LogP contribution in [0, 0.1) is 5.41 Å². The molecular weight excluding hydrogens is 320 g/mol. The van der Waals surface area contributed by atoms with Gasteiger partial charge in [-0.2, -0.15) is 0 Å². The summed E-state index contributed by atoms with van der Waals surface area (Å²) in [6.45, 7) is 1.89. The molecule has 3 rings (SSSR count).